The van der Waals surface area contributed by atoms with Gasteiger partial charge in [0.25, 0.3) is 0 Å². The van der Waals surface area contributed by atoms with Gasteiger partial charge in [0, 0.05) is 29.1 Å². The minimum atomic E-state index is -0.254. The maximum Gasteiger partial charge on any atom is 0.220 e. The molecule has 0 fully saturated rings. The first-order valence-corrected chi connectivity index (χ1v) is 10.2. The van der Waals surface area contributed by atoms with E-state index in [9.17, 15) is 14.0 Å². The van der Waals surface area contributed by atoms with Crippen molar-refractivity contribution in [2.75, 3.05) is 19.0 Å². The number of fused-ring (bicyclic) bond motifs is 2. The second-order valence-electron chi connectivity index (χ2n) is 6.70. The summed E-state index contributed by atoms with van der Waals surface area (Å²) in [6.07, 6.45) is 0.924. The topological polar surface area (TPSA) is 64.6 Å². The zero-order valence-corrected chi connectivity index (χ0v) is 16.0. The fraction of sp³-hybridized carbons (Fsp3) is 0.333. The normalized spacial score (nSPS) is 17.5. The molecule has 7 heteroatoms. The largest absolute Gasteiger partial charge is 0.486 e. The van der Waals surface area contributed by atoms with Crippen molar-refractivity contribution >= 4 is 23.5 Å². The second-order valence-corrected chi connectivity index (χ2v) is 7.80. The summed E-state index contributed by atoms with van der Waals surface area (Å²) in [5, 5.41) is 2.94. The quantitative estimate of drug-likeness (QED) is 0.770. The Hall–Kier alpha value is -2.54. The lowest BCUT2D eigenvalue weighted by molar-refractivity contribution is -0.121. The predicted octanol–water partition coefficient (Wildman–Crippen LogP) is 3.91. The smallest absolute Gasteiger partial charge is 0.220 e. The molecular formula is C21H20FNO4S. The fourth-order valence-electron chi connectivity index (χ4n) is 3.39. The summed E-state index contributed by atoms with van der Waals surface area (Å²) in [6.45, 7) is 0.946. The van der Waals surface area contributed by atoms with Crippen LogP contribution in [0.1, 0.15) is 41.2 Å². The number of halogens is 1. The van der Waals surface area contributed by atoms with Gasteiger partial charge in [-0.3, -0.25) is 9.59 Å². The lowest BCUT2D eigenvalue weighted by atomic mass is 10.0. The summed E-state index contributed by atoms with van der Waals surface area (Å²) in [5.41, 5.74) is 1.31. The number of carbonyl (C=O) groups is 2. The number of hydrogen-bond acceptors (Lipinski definition) is 5. The average Bonchev–Trinajstić information content (AvgIpc) is 2.72. The van der Waals surface area contributed by atoms with Gasteiger partial charge in [0.2, 0.25) is 5.91 Å². The molecule has 2 aliphatic heterocycles. The minimum absolute atomic E-state index is 0.0849. The van der Waals surface area contributed by atoms with E-state index in [0.29, 0.717) is 35.2 Å². The number of amides is 1. The summed E-state index contributed by atoms with van der Waals surface area (Å²) >= 11 is 1.47. The number of thioether (sulfide) groups is 1. The number of nitrogens with one attached hydrogen (secondary N) is 1. The maximum atomic E-state index is 13.9. The molecule has 2 aliphatic rings. The van der Waals surface area contributed by atoms with E-state index in [1.807, 2.05) is 6.07 Å². The molecule has 5 nitrogen and oxygen atoms in total. The van der Waals surface area contributed by atoms with E-state index in [-0.39, 0.29) is 36.4 Å². The first-order valence-electron chi connectivity index (χ1n) is 9.25. The molecule has 0 aromatic heterocycles. The molecule has 28 heavy (non-hydrogen) atoms. The van der Waals surface area contributed by atoms with Crippen LogP contribution in [0.25, 0.3) is 0 Å². The Bertz CT molecular complexity index is 917. The zero-order chi connectivity index (χ0) is 19.5. The third-order valence-electron chi connectivity index (χ3n) is 4.80. The Morgan fingerprint density at radius 3 is 2.79 bits per heavy atom. The molecule has 0 saturated heterocycles. The van der Waals surface area contributed by atoms with Gasteiger partial charge in [0.1, 0.15) is 19.0 Å². The van der Waals surface area contributed by atoms with Crippen molar-refractivity contribution < 1.29 is 23.5 Å². The van der Waals surface area contributed by atoms with Gasteiger partial charge in [-0.25, -0.2) is 4.39 Å². The molecule has 1 N–H and O–H groups in total. The van der Waals surface area contributed by atoms with Crippen LogP contribution >= 0.6 is 11.8 Å². The molecule has 1 amide bonds. The maximum absolute atomic E-state index is 13.9. The molecule has 1 atom stereocenters. The van der Waals surface area contributed by atoms with Crippen LogP contribution in [0.5, 0.6) is 11.5 Å². The van der Waals surface area contributed by atoms with Crippen molar-refractivity contribution in [1.29, 1.82) is 0 Å². The van der Waals surface area contributed by atoms with Gasteiger partial charge in [0.15, 0.2) is 17.3 Å². The summed E-state index contributed by atoms with van der Waals surface area (Å²) in [5.74, 6) is 1.34. The van der Waals surface area contributed by atoms with Crippen LogP contribution < -0.4 is 14.8 Å². The average molecular weight is 401 g/mol. The van der Waals surface area contributed by atoms with Crippen LogP contribution in [-0.2, 0) is 4.79 Å². The van der Waals surface area contributed by atoms with E-state index in [1.165, 1.54) is 17.8 Å². The molecule has 0 aliphatic carbocycles. The zero-order valence-electron chi connectivity index (χ0n) is 15.2. The van der Waals surface area contributed by atoms with Crippen LogP contribution in [-0.4, -0.2) is 30.7 Å². The molecule has 0 bridgehead atoms. The number of Topliss-reactive ketones (excluding diaryl/α,β-unsaturated/α-hetero) is 1. The van der Waals surface area contributed by atoms with Crippen molar-refractivity contribution in [3.8, 4) is 11.5 Å². The molecular weight excluding hydrogens is 381 g/mol. The first-order chi connectivity index (χ1) is 13.6. The highest BCUT2D eigenvalue weighted by Crippen LogP contribution is 2.37. The van der Waals surface area contributed by atoms with Crippen LogP contribution in [0.15, 0.2) is 41.3 Å². The van der Waals surface area contributed by atoms with Crippen LogP contribution in [0.3, 0.4) is 0 Å². The number of hydrogen-bond donors (Lipinski definition) is 1. The van der Waals surface area contributed by atoms with E-state index >= 15 is 0 Å². The predicted molar refractivity (Wildman–Crippen MR) is 104 cm³/mol. The van der Waals surface area contributed by atoms with Crippen molar-refractivity contribution in [2.24, 2.45) is 0 Å². The number of ether oxygens (including phenoxy) is 2. The van der Waals surface area contributed by atoms with Gasteiger partial charge in [-0.1, -0.05) is 12.1 Å². The lowest BCUT2D eigenvalue weighted by Crippen LogP contribution is -2.31. The van der Waals surface area contributed by atoms with Crippen LogP contribution in [0.2, 0.25) is 0 Å². The number of carbonyl (C=O) groups excluding carboxylic acids is 2. The Balaban J connectivity index is 1.35. The number of ketones is 1. The highest BCUT2D eigenvalue weighted by molar-refractivity contribution is 7.99. The van der Waals surface area contributed by atoms with Gasteiger partial charge in [-0.15, -0.1) is 11.8 Å². The Labute approximate surface area is 166 Å². The third-order valence-corrected chi connectivity index (χ3v) is 5.96. The van der Waals surface area contributed by atoms with Crippen LogP contribution in [0, 0.1) is 5.82 Å². The molecule has 2 heterocycles. The van der Waals surface area contributed by atoms with Gasteiger partial charge in [-0.2, -0.15) is 0 Å². The molecule has 2 aromatic carbocycles. The third kappa shape index (κ3) is 3.99. The highest BCUT2D eigenvalue weighted by atomic mass is 32.2. The van der Waals surface area contributed by atoms with E-state index in [1.54, 1.807) is 24.3 Å². The van der Waals surface area contributed by atoms with Gasteiger partial charge in [0.05, 0.1) is 6.04 Å². The van der Waals surface area contributed by atoms with E-state index < -0.39 is 0 Å². The Kier molecular flexibility index (Phi) is 5.52. The van der Waals surface area contributed by atoms with Crippen molar-refractivity contribution in [1.82, 2.24) is 5.32 Å². The van der Waals surface area contributed by atoms with Crippen molar-refractivity contribution in [3.63, 3.8) is 0 Å². The van der Waals surface area contributed by atoms with Crippen LogP contribution in [0.4, 0.5) is 4.39 Å². The Morgan fingerprint density at radius 1 is 1.11 bits per heavy atom. The monoisotopic (exact) mass is 401 g/mol. The van der Waals surface area contributed by atoms with Crippen molar-refractivity contribution in [3.05, 3.63) is 53.3 Å². The number of benzene rings is 2. The molecule has 2 aromatic rings. The number of rotatable bonds is 5. The summed E-state index contributed by atoms with van der Waals surface area (Å²) in [4.78, 5) is 25.4. The summed E-state index contributed by atoms with van der Waals surface area (Å²) < 4.78 is 24.9. The SMILES string of the molecule is O=C(CCC(=O)c1ccc2c(c1)OCCO2)N[C@@H]1CCSc2c(F)cccc21. The molecule has 4 rings (SSSR count). The van der Waals surface area contributed by atoms with E-state index in [4.69, 9.17) is 9.47 Å². The van der Waals surface area contributed by atoms with Crippen molar-refractivity contribution in [2.45, 2.75) is 30.2 Å². The second kappa shape index (κ2) is 8.22. The standard InChI is InChI=1S/C21H20FNO4S/c22-15-3-1-2-14-16(8-11-28-21(14)15)23-20(25)7-5-17(24)13-4-6-18-19(12-13)27-10-9-26-18/h1-4,6,12,16H,5,7-11H2,(H,23,25)/t16-/m1/s1. The Morgan fingerprint density at radius 2 is 1.93 bits per heavy atom. The van der Waals surface area contributed by atoms with Gasteiger partial charge in [-0.05, 0) is 36.2 Å². The van der Waals surface area contributed by atoms with E-state index in [0.717, 1.165) is 17.7 Å². The summed E-state index contributed by atoms with van der Waals surface area (Å²) in [7, 11) is 0. The van der Waals surface area contributed by atoms with E-state index in [2.05, 4.69) is 5.32 Å². The summed E-state index contributed by atoms with van der Waals surface area (Å²) in [6, 6.07) is 9.77. The lowest BCUT2D eigenvalue weighted by Gasteiger charge is -2.26. The highest BCUT2D eigenvalue weighted by Gasteiger charge is 2.24. The molecule has 0 spiro atoms. The fourth-order valence-corrected chi connectivity index (χ4v) is 4.53. The van der Waals surface area contributed by atoms with Gasteiger partial charge < -0.3 is 14.8 Å². The molecule has 0 unspecified atom stereocenters. The molecule has 0 saturated carbocycles. The molecule has 0 radical (unpaired) electrons. The minimum Gasteiger partial charge on any atom is -0.486 e. The van der Waals surface area contributed by atoms with Gasteiger partial charge >= 0.3 is 0 Å². The molecule has 146 valence electrons. The first kappa shape index (κ1) is 18.8.